The van der Waals surface area contributed by atoms with E-state index in [0.717, 1.165) is 40.4 Å². The van der Waals surface area contributed by atoms with Gasteiger partial charge >= 0.3 is 0 Å². The Bertz CT molecular complexity index is 750. The highest BCUT2D eigenvalue weighted by Crippen LogP contribution is 2.31. The van der Waals surface area contributed by atoms with Crippen molar-refractivity contribution in [1.29, 1.82) is 0 Å². The molecule has 2 heterocycles. The van der Waals surface area contributed by atoms with Crippen LogP contribution in [0.3, 0.4) is 0 Å². The van der Waals surface area contributed by atoms with Gasteiger partial charge in [0.05, 0.1) is 5.69 Å². The minimum Gasteiger partial charge on any atom is -0.264 e. The summed E-state index contributed by atoms with van der Waals surface area (Å²) in [5, 5.41) is 2.77. The van der Waals surface area contributed by atoms with Crippen molar-refractivity contribution < 1.29 is 0 Å². The highest BCUT2D eigenvalue weighted by Gasteiger charge is 2.13. The Labute approximate surface area is 122 Å². The molecule has 0 N–H and O–H groups in total. The van der Waals surface area contributed by atoms with Crippen LogP contribution in [0, 0.1) is 0 Å². The average Bonchev–Trinajstić information content (AvgIpc) is 2.49. The fraction of sp³-hybridized carbons (Fsp3) is 0.188. The summed E-state index contributed by atoms with van der Waals surface area (Å²) < 4.78 is 0. The lowest BCUT2D eigenvalue weighted by molar-refractivity contribution is 0.904. The van der Waals surface area contributed by atoms with Crippen molar-refractivity contribution >= 4 is 22.4 Å². The monoisotopic (exact) mass is 283 g/mol. The van der Waals surface area contributed by atoms with E-state index in [-0.39, 0.29) is 0 Å². The molecule has 0 amide bonds. The maximum atomic E-state index is 6.24. The molecule has 0 radical (unpaired) electrons. The van der Waals surface area contributed by atoms with E-state index in [1.54, 1.807) is 6.20 Å². The second kappa shape index (κ2) is 5.55. The summed E-state index contributed by atoms with van der Waals surface area (Å²) in [4.78, 5) is 12.8. The van der Waals surface area contributed by atoms with Crippen LogP contribution < -0.4 is 0 Å². The van der Waals surface area contributed by atoms with E-state index in [9.17, 15) is 0 Å². The first kappa shape index (κ1) is 13.0. The van der Waals surface area contributed by atoms with Crippen LogP contribution in [0.25, 0.3) is 22.0 Å². The molecule has 1 aromatic carbocycles. The third-order valence-corrected chi connectivity index (χ3v) is 3.66. The summed E-state index contributed by atoms with van der Waals surface area (Å²) in [7, 11) is 0. The highest BCUT2D eigenvalue weighted by atomic mass is 35.5. The maximum Gasteiger partial charge on any atom is 0.136 e. The van der Waals surface area contributed by atoms with Crippen LogP contribution in [0.5, 0.6) is 0 Å². The van der Waals surface area contributed by atoms with Crippen LogP contribution >= 0.6 is 11.6 Å². The van der Waals surface area contributed by atoms with Crippen LogP contribution in [0.4, 0.5) is 0 Å². The lowest BCUT2D eigenvalue weighted by atomic mass is 9.99. The van der Waals surface area contributed by atoms with Crippen molar-refractivity contribution in [3.8, 4) is 11.3 Å². The van der Waals surface area contributed by atoms with Crippen LogP contribution in [-0.4, -0.2) is 15.0 Å². The number of fused-ring (bicyclic) bond motifs is 1. The number of aromatic nitrogens is 3. The summed E-state index contributed by atoms with van der Waals surface area (Å²) in [5.41, 5.74) is 2.97. The van der Waals surface area contributed by atoms with Gasteiger partial charge in [-0.25, -0.2) is 9.97 Å². The zero-order valence-electron chi connectivity index (χ0n) is 11.2. The third-order valence-electron chi connectivity index (χ3n) is 3.33. The van der Waals surface area contributed by atoms with Gasteiger partial charge in [0.25, 0.3) is 0 Å². The van der Waals surface area contributed by atoms with Gasteiger partial charge in [-0.15, -0.1) is 0 Å². The van der Waals surface area contributed by atoms with Crippen molar-refractivity contribution in [2.24, 2.45) is 0 Å². The number of halogens is 1. The molecular weight excluding hydrogens is 270 g/mol. The van der Waals surface area contributed by atoms with Crippen LogP contribution in [0.1, 0.15) is 18.9 Å². The topological polar surface area (TPSA) is 38.7 Å². The Balaban J connectivity index is 2.28. The summed E-state index contributed by atoms with van der Waals surface area (Å²) in [6.07, 6.45) is 7.06. The standard InChI is InChI=1S/C16H14ClN3/c1-2-4-13-15(19-10-20-16(13)17)12-6-3-5-11-7-8-18-9-14(11)12/h3,5-10H,2,4H2,1H3. The van der Waals surface area contributed by atoms with E-state index >= 15 is 0 Å². The number of nitrogens with zero attached hydrogens (tertiary/aromatic N) is 3. The van der Waals surface area contributed by atoms with Gasteiger partial charge in [0, 0.05) is 28.9 Å². The lowest BCUT2D eigenvalue weighted by Crippen LogP contribution is -1.97. The third kappa shape index (κ3) is 2.25. The molecule has 0 bridgehead atoms. The van der Waals surface area contributed by atoms with Crippen molar-refractivity contribution in [2.45, 2.75) is 19.8 Å². The molecule has 2 aromatic heterocycles. The zero-order valence-corrected chi connectivity index (χ0v) is 11.9. The fourth-order valence-electron chi connectivity index (χ4n) is 2.41. The minimum absolute atomic E-state index is 0.540. The quantitative estimate of drug-likeness (QED) is 0.673. The van der Waals surface area contributed by atoms with Crippen LogP contribution in [-0.2, 0) is 6.42 Å². The number of benzene rings is 1. The fourth-order valence-corrected chi connectivity index (χ4v) is 2.64. The molecule has 3 nitrogen and oxygen atoms in total. The number of hydrogen-bond donors (Lipinski definition) is 0. The molecule has 0 spiro atoms. The molecule has 3 aromatic rings. The van der Waals surface area contributed by atoms with Crippen molar-refractivity contribution in [3.05, 3.63) is 53.7 Å². The first-order valence-corrected chi connectivity index (χ1v) is 7.01. The molecule has 4 heteroatoms. The molecule has 20 heavy (non-hydrogen) atoms. The Morgan fingerprint density at radius 1 is 1.15 bits per heavy atom. The maximum absolute atomic E-state index is 6.24. The molecular formula is C16H14ClN3. The molecule has 0 atom stereocenters. The van der Waals surface area contributed by atoms with E-state index in [0.29, 0.717) is 5.15 Å². The summed E-state index contributed by atoms with van der Waals surface area (Å²) >= 11 is 6.24. The first-order valence-electron chi connectivity index (χ1n) is 6.63. The molecule has 100 valence electrons. The summed E-state index contributed by atoms with van der Waals surface area (Å²) in [6.45, 7) is 2.12. The van der Waals surface area contributed by atoms with E-state index < -0.39 is 0 Å². The van der Waals surface area contributed by atoms with E-state index in [1.165, 1.54) is 6.33 Å². The first-order chi connectivity index (χ1) is 9.81. The molecule has 0 saturated carbocycles. The smallest absolute Gasteiger partial charge is 0.136 e. The Hall–Kier alpha value is -2.00. The second-order valence-corrected chi connectivity index (χ2v) is 5.00. The Morgan fingerprint density at radius 3 is 2.90 bits per heavy atom. The molecule has 0 fully saturated rings. The van der Waals surface area contributed by atoms with Crippen LogP contribution in [0.2, 0.25) is 5.15 Å². The molecule has 0 saturated heterocycles. The van der Waals surface area contributed by atoms with Crippen molar-refractivity contribution in [3.63, 3.8) is 0 Å². The van der Waals surface area contributed by atoms with E-state index in [1.807, 2.05) is 18.3 Å². The molecule has 0 unspecified atom stereocenters. The SMILES string of the molecule is CCCc1c(Cl)ncnc1-c1cccc2ccncc12. The predicted molar refractivity (Wildman–Crippen MR) is 81.8 cm³/mol. The van der Waals surface area contributed by atoms with Crippen molar-refractivity contribution in [2.75, 3.05) is 0 Å². The lowest BCUT2D eigenvalue weighted by Gasteiger charge is -2.11. The normalized spacial score (nSPS) is 10.9. The zero-order chi connectivity index (χ0) is 13.9. The van der Waals surface area contributed by atoms with Gasteiger partial charge in [-0.05, 0) is 17.9 Å². The van der Waals surface area contributed by atoms with Crippen LogP contribution in [0.15, 0.2) is 43.0 Å². The molecule has 3 rings (SSSR count). The van der Waals surface area contributed by atoms with Gasteiger partial charge < -0.3 is 0 Å². The van der Waals surface area contributed by atoms with Gasteiger partial charge in [-0.2, -0.15) is 0 Å². The number of rotatable bonds is 3. The highest BCUT2D eigenvalue weighted by molar-refractivity contribution is 6.30. The Morgan fingerprint density at radius 2 is 2.05 bits per heavy atom. The van der Waals surface area contributed by atoms with E-state index in [4.69, 9.17) is 11.6 Å². The summed E-state index contributed by atoms with van der Waals surface area (Å²) in [5.74, 6) is 0. The van der Waals surface area contributed by atoms with Gasteiger partial charge in [0.15, 0.2) is 0 Å². The number of hydrogen-bond acceptors (Lipinski definition) is 3. The molecule has 0 aliphatic carbocycles. The second-order valence-electron chi connectivity index (χ2n) is 4.64. The molecule has 0 aliphatic heterocycles. The predicted octanol–water partition coefficient (Wildman–Crippen LogP) is 4.30. The average molecular weight is 284 g/mol. The number of pyridine rings is 1. The van der Waals surface area contributed by atoms with Gasteiger partial charge in [0.1, 0.15) is 11.5 Å². The summed E-state index contributed by atoms with van der Waals surface area (Å²) in [6, 6.07) is 8.16. The Kier molecular flexibility index (Phi) is 3.61. The minimum atomic E-state index is 0.540. The van der Waals surface area contributed by atoms with Gasteiger partial charge in [-0.3, -0.25) is 4.98 Å². The van der Waals surface area contributed by atoms with E-state index in [2.05, 4.69) is 34.0 Å². The largest absolute Gasteiger partial charge is 0.264 e. The van der Waals surface area contributed by atoms with Crippen molar-refractivity contribution in [1.82, 2.24) is 15.0 Å². The van der Waals surface area contributed by atoms with Gasteiger partial charge in [0.2, 0.25) is 0 Å². The van der Waals surface area contributed by atoms with Gasteiger partial charge in [-0.1, -0.05) is 43.1 Å². The molecule has 0 aliphatic rings.